The van der Waals surface area contributed by atoms with Crippen molar-refractivity contribution < 1.29 is 4.42 Å². The first kappa shape index (κ1) is 31.3. The van der Waals surface area contributed by atoms with Crippen LogP contribution in [0, 0.1) is 13.8 Å². The van der Waals surface area contributed by atoms with Crippen molar-refractivity contribution in [3.05, 3.63) is 199 Å². The predicted molar refractivity (Wildman–Crippen MR) is 220 cm³/mol. The number of aryl methyl sites for hydroxylation is 2. The van der Waals surface area contributed by atoms with Gasteiger partial charge in [0.1, 0.15) is 11.2 Å². The summed E-state index contributed by atoms with van der Waals surface area (Å²) in [6.45, 7) is 4.39. The zero-order chi connectivity index (χ0) is 35.0. The normalized spacial score (nSPS) is 11.3. The van der Waals surface area contributed by atoms with Crippen molar-refractivity contribution in [1.82, 2.24) is 0 Å². The first-order chi connectivity index (χ1) is 25.6. The van der Waals surface area contributed by atoms with Gasteiger partial charge in [-0.3, -0.25) is 0 Å². The molecule has 0 radical (unpaired) electrons. The fourth-order valence-electron chi connectivity index (χ4n) is 7.41. The summed E-state index contributed by atoms with van der Waals surface area (Å²) in [6.07, 6.45) is 0. The number of anilines is 3. The highest BCUT2D eigenvalue weighted by Crippen LogP contribution is 2.40. The summed E-state index contributed by atoms with van der Waals surface area (Å²) in [5, 5.41) is 2.29. The van der Waals surface area contributed by atoms with Gasteiger partial charge < -0.3 is 9.32 Å². The highest BCUT2D eigenvalue weighted by molar-refractivity contribution is 6.06. The molecule has 52 heavy (non-hydrogen) atoms. The summed E-state index contributed by atoms with van der Waals surface area (Å²) in [5.41, 5.74) is 17.4. The SMILES string of the molecule is Cc1ccccc1-c1ccc(N(c2ccc(-c3ccccc3)cc2)c2ccc(-c3ccc(-c4ccc5oc6ccccc6c5c4)cc3)cc2)cc1C. The molecule has 2 heteroatoms. The average Bonchev–Trinajstić information content (AvgIpc) is 3.58. The fraction of sp³-hybridized carbons (Fsp3) is 0.0400. The van der Waals surface area contributed by atoms with Gasteiger partial charge in [0.25, 0.3) is 0 Å². The van der Waals surface area contributed by atoms with Crippen LogP contribution in [-0.4, -0.2) is 0 Å². The second-order valence-corrected chi connectivity index (χ2v) is 13.5. The van der Waals surface area contributed by atoms with Crippen LogP contribution in [0.3, 0.4) is 0 Å². The van der Waals surface area contributed by atoms with E-state index in [1.54, 1.807) is 0 Å². The minimum Gasteiger partial charge on any atom is -0.456 e. The second-order valence-electron chi connectivity index (χ2n) is 13.5. The van der Waals surface area contributed by atoms with Crippen molar-refractivity contribution in [3.63, 3.8) is 0 Å². The molecule has 0 atom stereocenters. The number of benzene rings is 8. The van der Waals surface area contributed by atoms with Gasteiger partial charge in [0.05, 0.1) is 0 Å². The monoisotopic (exact) mass is 667 g/mol. The van der Waals surface area contributed by atoms with Crippen molar-refractivity contribution >= 4 is 39.0 Å². The van der Waals surface area contributed by atoms with Crippen LogP contribution in [0.25, 0.3) is 66.4 Å². The van der Waals surface area contributed by atoms with Crippen LogP contribution in [0.4, 0.5) is 17.1 Å². The first-order valence-electron chi connectivity index (χ1n) is 17.8. The molecule has 0 saturated heterocycles. The number of furan rings is 1. The summed E-state index contributed by atoms with van der Waals surface area (Å²) in [6, 6.07) is 67.4. The summed E-state index contributed by atoms with van der Waals surface area (Å²) in [5.74, 6) is 0. The molecular formula is C50H37NO. The third-order valence-corrected chi connectivity index (χ3v) is 10.2. The van der Waals surface area contributed by atoms with Crippen LogP contribution >= 0.6 is 0 Å². The van der Waals surface area contributed by atoms with Gasteiger partial charge in [0, 0.05) is 27.8 Å². The molecule has 248 valence electrons. The van der Waals surface area contributed by atoms with Crippen LogP contribution in [0.1, 0.15) is 11.1 Å². The molecule has 0 spiro atoms. The van der Waals surface area contributed by atoms with Crippen LogP contribution in [0.15, 0.2) is 192 Å². The van der Waals surface area contributed by atoms with E-state index in [1.807, 2.05) is 12.1 Å². The molecule has 0 aliphatic rings. The van der Waals surface area contributed by atoms with E-state index in [0.717, 1.165) is 39.0 Å². The fourth-order valence-corrected chi connectivity index (χ4v) is 7.41. The molecule has 8 aromatic carbocycles. The van der Waals surface area contributed by atoms with Gasteiger partial charge >= 0.3 is 0 Å². The molecular weight excluding hydrogens is 631 g/mol. The smallest absolute Gasteiger partial charge is 0.135 e. The summed E-state index contributed by atoms with van der Waals surface area (Å²) < 4.78 is 6.06. The van der Waals surface area contributed by atoms with Gasteiger partial charge in [-0.25, -0.2) is 0 Å². The molecule has 0 amide bonds. The average molecular weight is 668 g/mol. The Morgan fingerprint density at radius 2 is 0.808 bits per heavy atom. The van der Waals surface area contributed by atoms with Crippen LogP contribution < -0.4 is 4.90 Å². The number of hydrogen-bond donors (Lipinski definition) is 0. The molecule has 0 N–H and O–H groups in total. The van der Waals surface area contributed by atoms with Gasteiger partial charge in [-0.1, -0.05) is 133 Å². The standard InChI is InChI=1S/C50H37NO/c1-34-10-6-7-13-45(34)46-30-29-44(32-35(46)2)51(42-25-20-38(21-26-42)36-11-4-3-5-12-36)43-27-22-39(23-28-43)37-16-18-40(19-17-37)41-24-31-50-48(33-41)47-14-8-9-15-49(47)52-50/h3-33H,1-2H3. The number of rotatable bonds is 7. The lowest BCUT2D eigenvalue weighted by molar-refractivity contribution is 0.669. The van der Waals surface area contributed by atoms with Gasteiger partial charge in [-0.05, 0) is 124 Å². The Kier molecular flexibility index (Phi) is 7.98. The van der Waals surface area contributed by atoms with E-state index in [1.165, 1.54) is 55.6 Å². The zero-order valence-electron chi connectivity index (χ0n) is 29.3. The molecule has 0 unspecified atom stereocenters. The highest BCUT2D eigenvalue weighted by Gasteiger charge is 2.16. The molecule has 0 saturated carbocycles. The maximum atomic E-state index is 6.06. The van der Waals surface area contributed by atoms with Crippen LogP contribution in [0.5, 0.6) is 0 Å². The minimum absolute atomic E-state index is 0.917. The van der Waals surface area contributed by atoms with E-state index in [4.69, 9.17) is 4.42 Å². The Morgan fingerprint density at radius 3 is 1.46 bits per heavy atom. The molecule has 0 fully saturated rings. The Labute approximate surface area is 304 Å². The lowest BCUT2D eigenvalue weighted by Crippen LogP contribution is -2.10. The number of fused-ring (bicyclic) bond motifs is 3. The highest BCUT2D eigenvalue weighted by atomic mass is 16.3. The molecule has 0 bridgehead atoms. The zero-order valence-corrected chi connectivity index (χ0v) is 29.3. The number of nitrogens with zero attached hydrogens (tertiary/aromatic N) is 1. The van der Waals surface area contributed by atoms with E-state index in [2.05, 4.69) is 195 Å². The third-order valence-electron chi connectivity index (χ3n) is 10.2. The Balaban J connectivity index is 1.04. The third kappa shape index (κ3) is 5.85. The molecule has 0 aliphatic heterocycles. The molecule has 9 aromatic rings. The molecule has 0 aliphatic carbocycles. The maximum Gasteiger partial charge on any atom is 0.135 e. The van der Waals surface area contributed by atoms with Crippen molar-refractivity contribution in [1.29, 1.82) is 0 Å². The second kappa shape index (κ2) is 13.2. The van der Waals surface area contributed by atoms with Crippen molar-refractivity contribution in [2.24, 2.45) is 0 Å². The van der Waals surface area contributed by atoms with E-state index >= 15 is 0 Å². The van der Waals surface area contributed by atoms with E-state index in [-0.39, 0.29) is 0 Å². The van der Waals surface area contributed by atoms with Gasteiger partial charge in [-0.2, -0.15) is 0 Å². The maximum absolute atomic E-state index is 6.06. The van der Waals surface area contributed by atoms with Gasteiger partial charge in [0.15, 0.2) is 0 Å². The summed E-state index contributed by atoms with van der Waals surface area (Å²) in [7, 11) is 0. The molecule has 9 rings (SSSR count). The quantitative estimate of drug-likeness (QED) is 0.168. The number of para-hydroxylation sites is 1. The molecule has 1 aromatic heterocycles. The Morgan fingerprint density at radius 1 is 0.327 bits per heavy atom. The lowest BCUT2D eigenvalue weighted by atomic mass is 9.96. The Bertz CT molecular complexity index is 2670. The summed E-state index contributed by atoms with van der Waals surface area (Å²) >= 11 is 0. The van der Waals surface area contributed by atoms with Crippen molar-refractivity contribution in [2.75, 3.05) is 4.90 Å². The predicted octanol–water partition coefficient (Wildman–Crippen LogP) is 14.3. The topological polar surface area (TPSA) is 16.4 Å². The van der Waals surface area contributed by atoms with Crippen LogP contribution in [-0.2, 0) is 0 Å². The van der Waals surface area contributed by atoms with E-state index in [9.17, 15) is 0 Å². The van der Waals surface area contributed by atoms with Gasteiger partial charge in [0.2, 0.25) is 0 Å². The van der Waals surface area contributed by atoms with Crippen molar-refractivity contribution in [3.8, 4) is 44.5 Å². The van der Waals surface area contributed by atoms with E-state index in [0.29, 0.717) is 0 Å². The van der Waals surface area contributed by atoms with E-state index < -0.39 is 0 Å². The molecule has 2 nitrogen and oxygen atoms in total. The lowest BCUT2D eigenvalue weighted by Gasteiger charge is -2.27. The minimum atomic E-state index is 0.917. The Hall–Kier alpha value is -6.64. The van der Waals surface area contributed by atoms with Gasteiger partial charge in [-0.15, -0.1) is 0 Å². The first-order valence-corrected chi connectivity index (χ1v) is 17.8. The largest absolute Gasteiger partial charge is 0.456 e. The number of hydrogen-bond acceptors (Lipinski definition) is 2. The van der Waals surface area contributed by atoms with Crippen molar-refractivity contribution in [2.45, 2.75) is 13.8 Å². The molecule has 1 heterocycles. The summed E-state index contributed by atoms with van der Waals surface area (Å²) in [4.78, 5) is 2.35. The van der Waals surface area contributed by atoms with Crippen LogP contribution in [0.2, 0.25) is 0 Å².